The number of benzene rings is 2. The molecule has 3 aromatic rings. The first-order valence-corrected chi connectivity index (χ1v) is 9.99. The Kier molecular flexibility index (Phi) is 5.97. The maximum Gasteiger partial charge on any atom is 0.254 e. The molecule has 2 heterocycles. The first-order valence-electron chi connectivity index (χ1n) is 9.99. The van der Waals surface area contributed by atoms with Gasteiger partial charge in [0.2, 0.25) is 5.88 Å². The highest BCUT2D eigenvalue weighted by Crippen LogP contribution is 2.26. The number of amides is 1. The number of halogens is 1. The van der Waals surface area contributed by atoms with Gasteiger partial charge in [-0.2, -0.15) is 0 Å². The molecule has 0 unspecified atom stereocenters. The van der Waals surface area contributed by atoms with Crippen molar-refractivity contribution in [3.8, 4) is 17.4 Å². The number of carbonyl (C=O) groups is 1. The number of hydrogen-bond acceptors (Lipinski definition) is 6. The third-order valence-corrected chi connectivity index (χ3v) is 5.21. The molecule has 0 aliphatic carbocycles. The lowest BCUT2D eigenvalue weighted by Crippen LogP contribution is -2.54. The average Bonchev–Trinajstić information content (AvgIpc) is 2.80. The summed E-state index contributed by atoms with van der Waals surface area (Å²) in [6, 6.07) is 15.0. The smallest absolute Gasteiger partial charge is 0.254 e. The minimum absolute atomic E-state index is 0.0293. The fraction of sp³-hybridized carbons (Fsp3) is 0.261. The molecule has 7 nitrogen and oxygen atoms in total. The molecule has 2 aromatic carbocycles. The number of piperazine rings is 1. The summed E-state index contributed by atoms with van der Waals surface area (Å²) in [5.74, 6) is 1.20. The standard InChI is InChI=1S/C23H23FN4O3/c1-16-14-27(10-11-28(16)23(29)17-6-5-7-18(12-17)30-2)21-13-22(26-15-25-21)31-20-9-4-3-8-19(20)24/h3-9,12-13,15-16H,10-11,14H2,1-2H3/t16-/m1/s1. The molecule has 160 valence electrons. The van der Waals surface area contributed by atoms with Crippen LogP contribution in [0, 0.1) is 5.82 Å². The topological polar surface area (TPSA) is 67.8 Å². The number of para-hydroxylation sites is 1. The van der Waals surface area contributed by atoms with E-state index in [1.807, 2.05) is 24.0 Å². The Morgan fingerprint density at radius 1 is 1.10 bits per heavy atom. The number of anilines is 1. The molecular weight excluding hydrogens is 399 g/mol. The van der Waals surface area contributed by atoms with Crippen molar-refractivity contribution in [3.63, 3.8) is 0 Å². The van der Waals surface area contributed by atoms with Crippen molar-refractivity contribution >= 4 is 11.7 Å². The zero-order valence-corrected chi connectivity index (χ0v) is 17.4. The fourth-order valence-electron chi connectivity index (χ4n) is 3.59. The van der Waals surface area contributed by atoms with Crippen LogP contribution in [0.1, 0.15) is 17.3 Å². The zero-order chi connectivity index (χ0) is 21.8. The molecule has 1 amide bonds. The van der Waals surface area contributed by atoms with Gasteiger partial charge >= 0.3 is 0 Å². The molecule has 8 heteroatoms. The van der Waals surface area contributed by atoms with Crippen LogP contribution in [0.5, 0.6) is 17.4 Å². The third-order valence-electron chi connectivity index (χ3n) is 5.21. The largest absolute Gasteiger partial charge is 0.497 e. The van der Waals surface area contributed by atoms with Crippen LogP contribution in [0.25, 0.3) is 0 Å². The van der Waals surface area contributed by atoms with E-state index in [9.17, 15) is 9.18 Å². The number of rotatable bonds is 5. The molecule has 1 saturated heterocycles. The highest BCUT2D eigenvalue weighted by Gasteiger charge is 2.29. The molecule has 1 aliphatic heterocycles. The molecule has 1 aliphatic rings. The Bertz CT molecular complexity index is 1080. The number of methoxy groups -OCH3 is 1. The molecule has 1 aromatic heterocycles. The van der Waals surface area contributed by atoms with E-state index in [4.69, 9.17) is 9.47 Å². The van der Waals surface area contributed by atoms with Crippen LogP contribution in [-0.2, 0) is 0 Å². The van der Waals surface area contributed by atoms with Gasteiger partial charge in [0.05, 0.1) is 7.11 Å². The summed E-state index contributed by atoms with van der Waals surface area (Å²) in [6.45, 7) is 3.76. The third kappa shape index (κ3) is 4.58. The quantitative estimate of drug-likeness (QED) is 0.624. The van der Waals surface area contributed by atoms with Crippen LogP contribution in [0.3, 0.4) is 0 Å². The van der Waals surface area contributed by atoms with Crippen molar-refractivity contribution in [2.45, 2.75) is 13.0 Å². The van der Waals surface area contributed by atoms with E-state index in [1.54, 1.807) is 43.5 Å². The van der Waals surface area contributed by atoms with Crippen LogP contribution >= 0.6 is 0 Å². The second-order valence-corrected chi connectivity index (χ2v) is 7.27. The van der Waals surface area contributed by atoms with Crippen LogP contribution in [0.4, 0.5) is 10.2 Å². The van der Waals surface area contributed by atoms with Crippen LogP contribution in [0.15, 0.2) is 60.9 Å². The molecular formula is C23H23FN4O3. The van der Waals surface area contributed by atoms with Crippen molar-refractivity contribution in [3.05, 3.63) is 72.3 Å². The summed E-state index contributed by atoms with van der Waals surface area (Å²) in [6.07, 6.45) is 1.39. The van der Waals surface area contributed by atoms with Crippen molar-refractivity contribution in [1.29, 1.82) is 0 Å². The maximum atomic E-state index is 13.9. The summed E-state index contributed by atoms with van der Waals surface area (Å²) in [4.78, 5) is 25.3. The van der Waals surface area contributed by atoms with Gasteiger partial charge < -0.3 is 19.3 Å². The lowest BCUT2D eigenvalue weighted by Gasteiger charge is -2.40. The molecule has 0 saturated carbocycles. The molecule has 1 atom stereocenters. The van der Waals surface area contributed by atoms with Crippen molar-refractivity contribution in [2.24, 2.45) is 0 Å². The van der Waals surface area contributed by atoms with Gasteiger partial charge in [-0.25, -0.2) is 14.4 Å². The molecule has 0 bridgehead atoms. The van der Waals surface area contributed by atoms with E-state index < -0.39 is 5.82 Å². The summed E-state index contributed by atoms with van der Waals surface area (Å²) >= 11 is 0. The number of nitrogens with zero attached hydrogens (tertiary/aromatic N) is 4. The van der Waals surface area contributed by atoms with Crippen molar-refractivity contribution in [2.75, 3.05) is 31.6 Å². The minimum Gasteiger partial charge on any atom is -0.497 e. The Balaban J connectivity index is 1.45. The van der Waals surface area contributed by atoms with E-state index in [1.165, 1.54) is 12.4 Å². The number of ether oxygens (including phenoxy) is 2. The number of carbonyl (C=O) groups excluding carboxylic acids is 1. The van der Waals surface area contributed by atoms with Gasteiger partial charge in [-0.05, 0) is 37.3 Å². The highest BCUT2D eigenvalue weighted by molar-refractivity contribution is 5.95. The zero-order valence-electron chi connectivity index (χ0n) is 17.4. The van der Waals surface area contributed by atoms with Gasteiger partial charge in [-0.1, -0.05) is 18.2 Å². The lowest BCUT2D eigenvalue weighted by molar-refractivity contribution is 0.0673. The summed E-state index contributed by atoms with van der Waals surface area (Å²) in [5, 5.41) is 0. The Labute approximate surface area is 180 Å². The fourth-order valence-corrected chi connectivity index (χ4v) is 3.59. The SMILES string of the molecule is COc1cccc(C(=O)N2CCN(c3cc(Oc4ccccc4F)ncn3)C[C@H]2C)c1. The first-order chi connectivity index (χ1) is 15.0. The van der Waals surface area contributed by atoms with Gasteiger partial charge in [-0.15, -0.1) is 0 Å². The predicted molar refractivity (Wildman–Crippen MR) is 114 cm³/mol. The number of hydrogen-bond donors (Lipinski definition) is 0. The Morgan fingerprint density at radius 2 is 1.94 bits per heavy atom. The van der Waals surface area contributed by atoms with E-state index in [0.717, 1.165) is 0 Å². The van der Waals surface area contributed by atoms with Gasteiger partial charge in [0.15, 0.2) is 11.6 Å². The second kappa shape index (κ2) is 8.99. The van der Waals surface area contributed by atoms with E-state index >= 15 is 0 Å². The highest BCUT2D eigenvalue weighted by atomic mass is 19.1. The molecule has 0 N–H and O–H groups in total. The van der Waals surface area contributed by atoms with Crippen molar-refractivity contribution in [1.82, 2.24) is 14.9 Å². The summed E-state index contributed by atoms with van der Waals surface area (Å²) in [7, 11) is 1.58. The minimum atomic E-state index is -0.457. The van der Waals surface area contributed by atoms with Crippen LogP contribution in [0.2, 0.25) is 0 Å². The average molecular weight is 422 g/mol. The van der Waals surface area contributed by atoms with Gasteiger partial charge in [0.25, 0.3) is 5.91 Å². The molecule has 0 radical (unpaired) electrons. The van der Waals surface area contributed by atoms with Gasteiger partial charge in [0, 0.05) is 37.3 Å². The molecule has 1 fully saturated rings. The first kappa shape index (κ1) is 20.6. The van der Waals surface area contributed by atoms with E-state index in [0.29, 0.717) is 36.8 Å². The molecule has 0 spiro atoms. The van der Waals surface area contributed by atoms with E-state index in [-0.39, 0.29) is 23.6 Å². The van der Waals surface area contributed by atoms with Crippen molar-refractivity contribution < 1.29 is 18.7 Å². The second-order valence-electron chi connectivity index (χ2n) is 7.27. The maximum absolute atomic E-state index is 13.9. The Hall–Kier alpha value is -3.68. The molecule has 31 heavy (non-hydrogen) atoms. The van der Waals surface area contributed by atoms with Crippen LogP contribution in [-0.4, -0.2) is 53.6 Å². The number of aromatic nitrogens is 2. The van der Waals surface area contributed by atoms with E-state index in [2.05, 4.69) is 14.9 Å². The van der Waals surface area contributed by atoms with Gasteiger partial charge in [-0.3, -0.25) is 4.79 Å². The van der Waals surface area contributed by atoms with Crippen LogP contribution < -0.4 is 14.4 Å². The normalized spacial score (nSPS) is 16.2. The molecule has 4 rings (SSSR count). The predicted octanol–water partition coefficient (Wildman–Crippen LogP) is 3.77. The summed E-state index contributed by atoms with van der Waals surface area (Å²) < 4.78 is 24.7. The monoisotopic (exact) mass is 422 g/mol. The van der Waals surface area contributed by atoms with Gasteiger partial charge in [0.1, 0.15) is 17.9 Å². The summed E-state index contributed by atoms with van der Waals surface area (Å²) in [5.41, 5.74) is 0.599. The Morgan fingerprint density at radius 3 is 2.71 bits per heavy atom. The lowest BCUT2D eigenvalue weighted by atomic mass is 10.1.